The molecule has 0 spiro atoms. The number of hydrogen-bond donors (Lipinski definition) is 2. The monoisotopic (exact) mass is 299 g/mol. The molecule has 1 fully saturated rings. The lowest BCUT2D eigenvalue weighted by molar-refractivity contribution is -0.133. The highest BCUT2D eigenvalue weighted by molar-refractivity contribution is 7.92. The molecule has 1 saturated carbocycles. The summed E-state index contributed by atoms with van der Waals surface area (Å²) in [6.45, 7) is 0. The molecule has 0 aliphatic heterocycles. The van der Waals surface area contributed by atoms with Gasteiger partial charge in [0.2, 0.25) is 5.91 Å². The van der Waals surface area contributed by atoms with Crippen molar-refractivity contribution in [2.45, 2.75) is 29.4 Å². The van der Waals surface area contributed by atoms with Crippen molar-refractivity contribution in [2.75, 3.05) is 7.11 Å². The molecule has 2 rings (SSSR count). The lowest BCUT2D eigenvalue weighted by Crippen LogP contribution is -2.36. The maximum Gasteiger partial charge on any atom is 0.247 e. The van der Waals surface area contributed by atoms with E-state index in [9.17, 15) is 13.2 Å². The quantitative estimate of drug-likeness (QED) is 0.642. The Hall–Kier alpha value is -1.60. The molecule has 0 saturated heterocycles. The third-order valence-electron chi connectivity index (χ3n) is 3.69. The maximum atomic E-state index is 12.6. The van der Waals surface area contributed by atoms with Crippen LogP contribution in [0.1, 0.15) is 19.3 Å². The minimum Gasteiger partial charge on any atom is -0.497 e. The summed E-state index contributed by atoms with van der Waals surface area (Å²) in [5.74, 6) is -0.767. The number of carbonyl (C=O) groups is 1. The van der Waals surface area contributed by atoms with Crippen LogP contribution in [0.4, 0.5) is 0 Å². The predicted octanol–water partition coefficient (Wildman–Crippen LogP) is 1.14. The molecule has 1 aliphatic rings. The van der Waals surface area contributed by atoms with Crippen LogP contribution in [0.3, 0.4) is 0 Å². The standard InChI is InChI=1S/C13H17NO5S/c1-19-9-5-7-10(8-6-9)20(17,18)12-4-2-3-11(12)13(15)14-16/h5-8,11-12,16H,2-4H2,1H3,(H,14,15)/t11-,12-/m1/s1. The number of hydroxylamine groups is 1. The second-order valence-corrected chi connectivity index (χ2v) is 6.94. The summed E-state index contributed by atoms with van der Waals surface area (Å²) < 4.78 is 30.1. The van der Waals surface area contributed by atoms with Crippen molar-refractivity contribution in [2.24, 2.45) is 5.92 Å². The van der Waals surface area contributed by atoms with Crippen LogP contribution in [0.25, 0.3) is 0 Å². The van der Waals surface area contributed by atoms with Gasteiger partial charge in [-0.25, -0.2) is 13.9 Å². The largest absolute Gasteiger partial charge is 0.497 e. The number of hydrogen-bond acceptors (Lipinski definition) is 5. The predicted molar refractivity (Wildman–Crippen MR) is 71.2 cm³/mol. The fraction of sp³-hybridized carbons (Fsp3) is 0.462. The second-order valence-electron chi connectivity index (χ2n) is 4.77. The van der Waals surface area contributed by atoms with Crippen molar-refractivity contribution in [1.82, 2.24) is 5.48 Å². The third-order valence-corrected chi connectivity index (χ3v) is 5.98. The molecular weight excluding hydrogens is 282 g/mol. The molecule has 2 N–H and O–H groups in total. The Balaban J connectivity index is 2.31. The van der Waals surface area contributed by atoms with Gasteiger partial charge in [-0.15, -0.1) is 0 Å². The number of rotatable bonds is 4. The van der Waals surface area contributed by atoms with E-state index in [2.05, 4.69) is 0 Å². The van der Waals surface area contributed by atoms with Gasteiger partial charge < -0.3 is 4.74 Å². The summed E-state index contributed by atoms with van der Waals surface area (Å²) in [6.07, 6.45) is 1.54. The summed E-state index contributed by atoms with van der Waals surface area (Å²) >= 11 is 0. The van der Waals surface area contributed by atoms with Gasteiger partial charge in [0.25, 0.3) is 0 Å². The molecule has 0 heterocycles. The van der Waals surface area contributed by atoms with Gasteiger partial charge in [-0.1, -0.05) is 6.42 Å². The first-order valence-corrected chi connectivity index (χ1v) is 7.87. The highest BCUT2D eigenvalue weighted by atomic mass is 32.2. The first kappa shape index (κ1) is 14.8. The summed E-state index contributed by atoms with van der Waals surface area (Å²) in [6, 6.07) is 6.09. The molecular formula is C13H17NO5S. The Bertz CT molecular complexity index is 581. The Morgan fingerprint density at radius 1 is 1.30 bits per heavy atom. The van der Waals surface area contributed by atoms with Crippen LogP contribution in [0.5, 0.6) is 5.75 Å². The van der Waals surface area contributed by atoms with Crippen molar-refractivity contribution < 1.29 is 23.2 Å². The number of nitrogens with one attached hydrogen (secondary N) is 1. The van der Waals surface area contributed by atoms with E-state index in [1.165, 1.54) is 19.2 Å². The van der Waals surface area contributed by atoms with Crippen LogP contribution in [-0.4, -0.2) is 31.9 Å². The van der Waals surface area contributed by atoms with E-state index in [-0.39, 0.29) is 4.90 Å². The highest BCUT2D eigenvalue weighted by Gasteiger charge is 2.42. The van der Waals surface area contributed by atoms with E-state index in [0.29, 0.717) is 25.0 Å². The van der Waals surface area contributed by atoms with Crippen LogP contribution < -0.4 is 10.2 Å². The molecule has 1 amide bonds. The van der Waals surface area contributed by atoms with E-state index in [0.717, 1.165) is 0 Å². The van der Waals surface area contributed by atoms with E-state index in [1.807, 2.05) is 0 Å². The Kier molecular flexibility index (Phi) is 4.29. The Morgan fingerprint density at radius 3 is 2.50 bits per heavy atom. The van der Waals surface area contributed by atoms with Crippen LogP contribution in [0, 0.1) is 5.92 Å². The summed E-state index contributed by atoms with van der Waals surface area (Å²) in [4.78, 5) is 11.7. The van der Waals surface area contributed by atoms with E-state index in [1.54, 1.807) is 17.6 Å². The first-order valence-electron chi connectivity index (χ1n) is 6.32. The van der Waals surface area contributed by atoms with Crippen molar-refractivity contribution >= 4 is 15.7 Å². The number of ether oxygens (including phenoxy) is 1. The third kappa shape index (κ3) is 2.64. The Morgan fingerprint density at radius 2 is 1.95 bits per heavy atom. The smallest absolute Gasteiger partial charge is 0.247 e. The zero-order valence-corrected chi connectivity index (χ0v) is 11.9. The van der Waals surface area contributed by atoms with Crippen LogP contribution in [0.2, 0.25) is 0 Å². The number of sulfone groups is 1. The first-order chi connectivity index (χ1) is 9.50. The average molecular weight is 299 g/mol. The highest BCUT2D eigenvalue weighted by Crippen LogP contribution is 2.35. The lowest BCUT2D eigenvalue weighted by Gasteiger charge is -2.18. The number of methoxy groups -OCH3 is 1. The zero-order chi connectivity index (χ0) is 14.8. The van der Waals surface area contributed by atoms with Crippen LogP contribution in [0.15, 0.2) is 29.2 Å². The van der Waals surface area contributed by atoms with Crippen LogP contribution >= 0.6 is 0 Å². The van der Waals surface area contributed by atoms with Crippen molar-refractivity contribution in [3.05, 3.63) is 24.3 Å². The topological polar surface area (TPSA) is 92.7 Å². The minimum absolute atomic E-state index is 0.168. The van der Waals surface area contributed by atoms with E-state index in [4.69, 9.17) is 9.94 Å². The van der Waals surface area contributed by atoms with Crippen molar-refractivity contribution in [1.29, 1.82) is 0 Å². The summed E-state index contributed by atoms with van der Waals surface area (Å²) in [5.41, 5.74) is 1.56. The average Bonchev–Trinajstić information content (AvgIpc) is 2.96. The van der Waals surface area contributed by atoms with Gasteiger partial charge in [-0.3, -0.25) is 10.0 Å². The molecule has 1 aromatic rings. The molecule has 110 valence electrons. The van der Waals surface area contributed by atoms with Gasteiger partial charge in [0.05, 0.1) is 23.2 Å². The molecule has 0 radical (unpaired) electrons. The SMILES string of the molecule is COc1ccc(S(=O)(=O)[C@@H]2CCC[C@H]2C(=O)NO)cc1. The molecule has 0 bridgehead atoms. The van der Waals surface area contributed by atoms with Gasteiger partial charge in [-0.2, -0.15) is 0 Å². The molecule has 1 aliphatic carbocycles. The van der Waals surface area contributed by atoms with Gasteiger partial charge >= 0.3 is 0 Å². The fourth-order valence-electron chi connectivity index (χ4n) is 2.62. The van der Waals surface area contributed by atoms with Crippen LogP contribution in [-0.2, 0) is 14.6 Å². The van der Waals surface area contributed by atoms with E-state index < -0.39 is 26.9 Å². The van der Waals surface area contributed by atoms with Crippen molar-refractivity contribution in [3.63, 3.8) is 0 Å². The molecule has 0 unspecified atom stereocenters. The second kappa shape index (κ2) is 5.80. The maximum absolute atomic E-state index is 12.6. The van der Waals surface area contributed by atoms with E-state index >= 15 is 0 Å². The van der Waals surface area contributed by atoms with Gasteiger partial charge in [0.15, 0.2) is 9.84 Å². The van der Waals surface area contributed by atoms with Gasteiger partial charge in [-0.05, 0) is 37.1 Å². The molecule has 20 heavy (non-hydrogen) atoms. The molecule has 1 aromatic carbocycles. The summed E-state index contributed by atoms with van der Waals surface area (Å²) in [7, 11) is -2.09. The molecule has 6 nitrogen and oxygen atoms in total. The molecule has 7 heteroatoms. The van der Waals surface area contributed by atoms with Gasteiger partial charge in [0, 0.05) is 0 Å². The fourth-order valence-corrected chi connectivity index (χ4v) is 4.65. The van der Waals surface area contributed by atoms with Crippen molar-refractivity contribution in [3.8, 4) is 5.75 Å². The zero-order valence-electron chi connectivity index (χ0n) is 11.1. The van der Waals surface area contributed by atoms with Gasteiger partial charge in [0.1, 0.15) is 5.75 Å². The molecule has 2 atom stereocenters. The summed E-state index contributed by atoms with van der Waals surface area (Å²) in [5, 5.41) is 7.92. The number of carbonyl (C=O) groups excluding carboxylic acids is 1. The Labute approximate surface area is 117 Å². The molecule has 0 aromatic heterocycles. The normalized spacial score (nSPS) is 22.5. The number of amides is 1. The minimum atomic E-state index is -3.60. The number of benzene rings is 1. The lowest BCUT2D eigenvalue weighted by atomic mass is 10.1.